The first kappa shape index (κ1) is 14.6. The molecular weight excluding hydrogens is 250 g/mol. The van der Waals surface area contributed by atoms with Gasteiger partial charge < -0.3 is 4.74 Å². The number of hydrogen-bond donors (Lipinski definition) is 1. The zero-order valence-electron chi connectivity index (χ0n) is 10.8. The Morgan fingerprint density at radius 3 is 2.68 bits per heavy atom. The third-order valence-corrected chi connectivity index (χ3v) is 2.26. The van der Waals surface area contributed by atoms with E-state index in [2.05, 4.69) is 10.5 Å². The molecule has 0 saturated heterocycles. The van der Waals surface area contributed by atoms with Crippen LogP contribution in [0.3, 0.4) is 0 Å². The second-order valence-corrected chi connectivity index (χ2v) is 3.52. The van der Waals surface area contributed by atoms with Gasteiger partial charge in [-0.15, -0.1) is 0 Å². The summed E-state index contributed by atoms with van der Waals surface area (Å²) in [6.07, 6.45) is 0.368. The molecule has 0 saturated carbocycles. The van der Waals surface area contributed by atoms with Crippen molar-refractivity contribution in [3.05, 3.63) is 34.4 Å². The van der Waals surface area contributed by atoms with Crippen LogP contribution in [0.15, 0.2) is 29.4 Å². The van der Waals surface area contributed by atoms with Crippen LogP contribution in [0.4, 0.5) is 11.4 Å². The van der Waals surface area contributed by atoms with Gasteiger partial charge in [0.2, 0.25) is 0 Å². The Balaban J connectivity index is 2.90. The monoisotopic (exact) mass is 265 g/mol. The van der Waals surface area contributed by atoms with Crippen molar-refractivity contribution in [3.63, 3.8) is 0 Å². The predicted octanol–water partition coefficient (Wildman–Crippen LogP) is 2.34. The number of carbonyl (C=O) groups is 1. The van der Waals surface area contributed by atoms with Crippen molar-refractivity contribution in [3.8, 4) is 0 Å². The average Bonchev–Trinajstić information content (AvgIpc) is 2.40. The number of carbonyl (C=O) groups excluding carboxylic acids is 1. The second-order valence-electron chi connectivity index (χ2n) is 3.52. The van der Waals surface area contributed by atoms with Gasteiger partial charge in [-0.25, -0.2) is 4.79 Å². The highest BCUT2D eigenvalue weighted by molar-refractivity contribution is 6.36. The van der Waals surface area contributed by atoms with E-state index in [0.717, 1.165) is 0 Å². The molecule has 19 heavy (non-hydrogen) atoms. The van der Waals surface area contributed by atoms with Crippen molar-refractivity contribution < 1.29 is 14.5 Å². The molecule has 1 rings (SSSR count). The van der Waals surface area contributed by atoms with E-state index in [1.165, 1.54) is 12.1 Å². The summed E-state index contributed by atoms with van der Waals surface area (Å²) in [5.41, 5.74) is 2.83. The van der Waals surface area contributed by atoms with Crippen molar-refractivity contribution in [2.75, 3.05) is 12.0 Å². The minimum Gasteiger partial charge on any atom is -0.461 e. The van der Waals surface area contributed by atoms with Crippen LogP contribution in [0, 0.1) is 10.1 Å². The molecule has 0 aliphatic heterocycles. The zero-order valence-corrected chi connectivity index (χ0v) is 10.8. The molecule has 0 aliphatic rings. The molecule has 0 amide bonds. The van der Waals surface area contributed by atoms with E-state index in [9.17, 15) is 14.9 Å². The number of nitrogens with one attached hydrogen (secondary N) is 1. The molecule has 1 aromatic carbocycles. The predicted molar refractivity (Wildman–Crippen MR) is 71.1 cm³/mol. The second kappa shape index (κ2) is 7.10. The molecule has 7 nitrogen and oxygen atoms in total. The Kier molecular flexibility index (Phi) is 5.46. The minimum absolute atomic E-state index is 0.106. The molecule has 102 valence electrons. The van der Waals surface area contributed by atoms with E-state index in [1.54, 1.807) is 26.0 Å². The van der Waals surface area contributed by atoms with Crippen molar-refractivity contribution in [1.82, 2.24) is 0 Å². The highest BCUT2D eigenvalue weighted by atomic mass is 16.6. The van der Waals surface area contributed by atoms with Gasteiger partial charge >= 0.3 is 5.97 Å². The maximum atomic E-state index is 11.5. The smallest absolute Gasteiger partial charge is 0.354 e. The standard InChI is InChI=1S/C12H15N3O4/c1-3-9(12(16)19-4-2)13-14-10-7-5-6-8-11(10)15(17)18/h5-8,14H,3-4H2,1-2H3. The number of anilines is 1. The first-order chi connectivity index (χ1) is 9.10. The average molecular weight is 265 g/mol. The molecule has 0 bridgehead atoms. The number of benzene rings is 1. The van der Waals surface area contributed by atoms with Gasteiger partial charge in [0, 0.05) is 6.07 Å². The molecule has 0 heterocycles. The van der Waals surface area contributed by atoms with E-state index >= 15 is 0 Å². The van der Waals surface area contributed by atoms with Crippen LogP contribution in [-0.4, -0.2) is 23.2 Å². The number of hydrogen-bond acceptors (Lipinski definition) is 6. The maximum Gasteiger partial charge on any atom is 0.354 e. The van der Waals surface area contributed by atoms with Crippen molar-refractivity contribution in [2.45, 2.75) is 20.3 Å². The maximum absolute atomic E-state index is 11.5. The molecule has 7 heteroatoms. The van der Waals surface area contributed by atoms with Crippen LogP contribution in [0.25, 0.3) is 0 Å². The van der Waals surface area contributed by atoms with Gasteiger partial charge in [0.15, 0.2) is 0 Å². The first-order valence-corrected chi connectivity index (χ1v) is 5.83. The summed E-state index contributed by atoms with van der Waals surface area (Å²) >= 11 is 0. The highest BCUT2D eigenvalue weighted by Gasteiger charge is 2.14. The number of nitro benzene ring substituents is 1. The summed E-state index contributed by atoms with van der Waals surface area (Å²) in [7, 11) is 0. The molecule has 0 aromatic heterocycles. The summed E-state index contributed by atoms with van der Waals surface area (Å²) in [5.74, 6) is -0.531. The van der Waals surface area contributed by atoms with Gasteiger partial charge in [0.1, 0.15) is 11.4 Å². The van der Waals surface area contributed by atoms with Crippen LogP contribution in [-0.2, 0) is 9.53 Å². The summed E-state index contributed by atoms with van der Waals surface area (Å²) < 4.78 is 4.82. The lowest BCUT2D eigenvalue weighted by Crippen LogP contribution is -2.18. The van der Waals surface area contributed by atoms with E-state index in [1.807, 2.05) is 0 Å². The summed E-state index contributed by atoms with van der Waals surface area (Å²) in [5, 5.41) is 14.7. The third kappa shape index (κ3) is 4.06. The van der Waals surface area contributed by atoms with Crippen LogP contribution >= 0.6 is 0 Å². The fourth-order valence-corrected chi connectivity index (χ4v) is 1.34. The number of ether oxygens (including phenoxy) is 1. The molecule has 0 spiro atoms. The van der Waals surface area contributed by atoms with Crippen LogP contribution in [0.5, 0.6) is 0 Å². The van der Waals surface area contributed by atoms with Gasteiger partial charge in [-0.2, -0.15) is 5.10 Å². The Labute approximate surface area is 110 Å². The molecule has 0 fully saturated rings. The van der Waals surface area contributed by atoms with Crippen molar-refractivity contribution in [2.24, 2.45) is 5.10 Å². The van der Waals surface area contributed by atoms with Crippen molar-refractivity contribution in [1.29, 1.82) is 0 Å². The Morgan fingerprint density at radius 2 is 2.11 bits per heavy atom. The molecule has 0 radical (unpaired) electrons. The molecular formula is C12H15N3O4. The van der Waals surface area contributed by atoms with Gasteiger partial charge in [-0.05, 0) is 19.4 Å². The fourth-order valence-electron chi connectivity index (χ4n) is 1.34. The lowest BCUT2D eigenvalue weighted by molar-refractivity contribution is -0.384. The number of hydrazone groups is 1. The van der Waals surface area contributed by atoms with E-state index < -0.39 is 10.9 Å². The number of nitrogens with zero attached hydrogens (tertiary/aromatic N) is 2. The topological polar surface area (TPSA) is 93.8 Å². The highest BCUT2D eigenvalue weighted by Crippen LogP contribution is 2.23. The zero-order chi connectivity index (χ0) is 14.3. The van der Waals surface area contributed by atoms with E-state index in [-0.39, 0.29) is 23.7 Å². The fraction of sp³-hybridized carbons (Fsp3) is 0.333. The minimum atomic E-state index is -0.531. The number of rotatable bonds is 6. The van der Waals surface area contributed by atoms with Gasteiger partial charge in [-0.1, -0.05) is 19.1 Å². The van der Waals surface area contributed by atoms with E-state index in [4.69, 9.17) is 4.74 Å². The Hall–Kier alpha value is -2.44. The lowest BCUT2D eigenvalue weighted by Gasteiger charge is -2.05. The van der Waals surface area contributed by atoms with E-state index in [0.29, 0.717) is 6.42 Å². The Bertz CT molecular complexity index is 500. The normalized spacial score (nSPS) is 10.9. The van der Waals surface area contributed by atoms with Crippen LogP contribution < -0.4 is 5.43 Å². The lowest BCUT2D eigenvalue weighted by atomic mass is 10.3. The molecule has 0 atom stereocenters. The largest absolute Gasteiger partial charge is 0.461 e. The van der Waals surface area contributed by atoms with Crippen molar-refractivity contribution >= 4 is 23.1 Å². The summed E-state index contributed by atoms with van der Waals surface area (Å²) in [6.45, 7) is 3.70. The number of nitro groups is 1. The first-order valence-electron chi connectivity index (χ1n) is 5.83. The quantitative estimate of drug-likeness (QED) is 0.368. The van der Waals surface area contributed by atoms with Crippen LogP contribution in [0.1, 0.15) is 20.3 Å². The molecule has 0 unspecified atom stereocenters. The van der Waals surface area contributed by atoms with Gasteiger partial charge in [-0.3, -0.25) is 15.5 Å². The van der Waals surface area contributed by atoms with Crippen LogP contribution in [0.2, 0.25) is 0 Å². The molecule has 1 N–H and O–H groups in total. The number of esters is 1. The summed E-state index contributed by atoms with van der Waals surface area (Å²) in [4.78, 5) is 21.8. The van der Waals surface area contributed by atoms with Gasteiger partial charge in [0.05, 0.1) is 11.5 Å². The number of para-hydroxylation sites is 2. The van der Waals surface area contributed by atoms with Gasteiger partial charge in [0.25, 0.3) is 5.69 Å². The molecule has 1 aromatic rings. The SMILES string of the molecule is CCOC(=O)C(CC)=NNc1ccccc1[N+](=O)[O-]. The third-order valence-electron chi connectivity index (χ3n) is 2.26. The Morgan fingerprint density at radius 1 is 1.42 bits per heavy atom. The summed E-state index contributed by atoms with van der Waals surface area (Å²) in [6, 6.07) is 6.06. The molecule has 0 aliphatic carbocycles.